The van der Waals surface area contributed by atoms with Crippen molar-refractivity contribution in [3.05, 3.63) is 17.3 Å². The van der Waals surface area contributed by atoms with Gasteiger partial charge in [-0.15, -0.1) is 11.3 Å². The Morgan fingerprint density at radius 2 is 2.16 bits per heavy atom. The van der Waals surface area contributed by atoms with E-state index in [1.54, 1.807) is 17.7 Å². The van der Waals surface area contributed by atoms with Crippen LogP contribution in [0.2, 0.25) is 0 Å². The topological polar surface area (TPSA) is 47.0 Å². The molecule has 1 N–H and O–H groups in total. The zero-order valence-electron chi connectivity index (χ0n) is 15.3. The maximum Gasteiger partial charge on any atom is 0.138 e. The molecule has 0 aromatic carbocycles. The van der Waals surface area contributed by atoms with Crippen molar-refractivity contribution in [1.82, 2.24) is 9.97 Å². The molecule has 4 unspecified atom stereocenters. The molecular formula is C20H27N3OS. The van der Waals surface area contributed by atoms with Crippen molar-refractivity contribution < 1.29 is 4.74 Å². The Kier molecular flexibility index (Phi) is 3.46. The highest BCUT2D eigenvalue weighted by atomic mass is 32.1. The molecule has 0 amide bonds. The predicted molar refractivity (Wildman–Crippen MR) is 102 cm³/mol. The lowest BCUT2D eigenvalue weighted by atomic mass is 9.53. The number of hydrogen-bond donors (Lipinski definition) is 1. The largest absolute Gasteiger partial charge is 0.374 e. The zero-order chi connectivity index (χ0) is 17.2. The number of nitrogens with one attached hydrogen (secondary N) is 1. The summed E-state index contributed by atoms with van der Waals surface area (Å²) in [5, 5.41) is 7.32. The molecule has 4 nitrogen and oxygen atoms in total. The van der Waals surface area contributed by atoms with Gasteiger partial charge >= 0.3 is 0 Å². The molecule has 2 aliphatic carbocycles. The summed E-state index contributed by atoms with van der Waals surface area (Å²) in [5.41, 5.74) is 1.64. The molecule has 2 aromatic rings. The fraction of sp³-hybridized carbons (Fsp3) is 0.700. The second-order valence-electron chi connectivity index (χ2n) is 9.08. The Morgan fingerprint density at radius 1 is 1.28 bits per heavy atom. The Balaban J connectivity index is 1.49. The minimum atomic E-state index is 0.101. The molecule has 1 spiro atoms. The van der Waals surface area contributed by atoms with E-state index in [4.69, 9.17) is 4.74 Å². The lowest BCUT2D eigenvalue weighted by Gasteiger charge is -2.57. The molecule has 25 heavy (non-hydrogen) atoms. The number of anilines is 1. The smallest absolute Gasteiger partial charge is 0.138 e. The lowest BCUT2D eigenvalue weighted by molar-refractivity contribution is -0.160. The van der Waals surface area contributed by atoms with Gasteiger partial charge in [-0.25, -0.2) is 9.97 Å². The van der Waals surface area contributed by atoms with Crippen LogP contribution in [0.25, 0.3) is 10.2 Å². The molecule has 2 aromatic heterocycles. The Bertz CT molecular complexity index is 811. The van der Waals surface area contributed by atoms with E-state index >= 15 is 0 Å². The lowest BCUT2D eigenvalue weighted by Crippen LogP contribution is -2.61. The van der Waals surface area contributed by atoms with Crippen LogP contribution in [0.5, 0.6) is 0 Å². The van der Waals surface area contributed by atoms with Gasteiger partial charge in [-0.05, 0) is 54.4 Å². The van der Waals surface area contributed by atoms with Crippen molar-refractivity contribution in [1.29, 1.82) is 0 Å². The zero-order valence-corrected chi connectivity index (χ0v) is 16.2. The van der Waals surface area contributed by atoms with Gasteiger partial charge < -0.3 is 10.1 Å². The van der Waals surface area contributed by atoms with Crippen LogP contribution in [-0.2, 0) is 10.2 Å². The normalized spacial score (nSPS) is 34.4. The molecule has 2 saturated carbocycles. The summed E-state index contributed by atoms with van der Waals surface area (Å²) in [6.45, 7) is 7.77. The van der Waals surface area contributed by atoms with Crippen LogP contribution in [0.1, 0.15) is 58.4 Å². The van der Waals surface area contributed by atoms with Crippen molar-refractivity contribution >= 4 is 27.4 Å². The molecule has 5 heteroatoms. The summed E-state index contributed by atoms with van der Waals surface area (Å²) in [7, 11) is 0. The van der Waals surface area contributed by atoms with Crippen LogP contribution in [0.15, 0.2) is 11.7 Å². The summed E-state index contributed by atoms with van der Waals surface area (Å²) in [5.74, 6) is 2.48. The van der Waals surface area contributed by atoms with Crippen LogP contribution in [0.3, 0.4) is 0 Å². The first-order chi connectivity index (χ1) is 12.0. The van der Waals surface area contributed by atoms with Gasteiger partial charge in [0.1, 0.15) is 17.0 Å². The Labute approximate surface area is 153 Å². The van der Waals surface area contributed by atoms with Crippen LogP contribution in [-0.4, -0.2) is 28.2 Å². The van der Waals surface area contributed by atoms with E-state index in [0.717, 1.165) is 23.2 Å². The summed E-state index contributed by atoms with van der Waals surface area (Å²) >= 11 is 1.73. The minimum Gasteiger partial charge on any atom is -0.374 e. The van der Waals surface area contributed by atoms with Gasteiger partial charge in [0, 0.05) is 18.6 Å². The predicted octanol–water partition coefficient (Wildman–Crippen LogP) is 4.75. The van der Waals surface area contributed by atoms with Crippen molar-refractivity contribution in [3.63, 3.8) is 0 Å². The number of rotatable bonds is 2. The van der Waals surface area contributed by atoms with Crippen LogP contribution >= 0.6 is 11.3 Å². The third-order valence-corrected chi connectivity index (χ3v) is 7.65. The van der Waals surface area contributed by atoms with E-state index in [0.29, 0.717) is 12.0 Å². The fourth-order valence-corrected chi connectivity index (χ4v) is 6.61. The standard InChI is InChI=1S/C20H27N3OS/c1-19(2,3)14-10-25-18-16(14)17(21-11-22-18)23-15-5-4-7-20-12(6-8-24-20)9-13(15)20/h10-13,15H,4-9H2,1-3H3,(H,21,22,23). The second kappa shape index (κ2) is 5.40. The maximum absolute atomic E-state index is 6.29. The van der Waals surface area contributed by atoms with Crippen LogP contribution in [0, 0.1) is 11.8 Å². The molecule has 5 rings (SSSR count). The van der Waals surface area contributed by atoms with Crippen molar-refractivity contribution in [3.8, 4) is 0 Å². The monoisotopic (exact) mass is 357 g/mol. The molecular weight excluding hydrogens is 330 g/mol. The van der Waals surface area contributed by atoms with Gasteiger partial charge in [-0.1, -0.05) is 20.8 Å². The third-order valence-electron chi connectivity index (χ3n) is 6.76. The highest BCUT2D eigenvalue weighted by Gasteiger charge is 2.62. The van der Waals surface area contributed by atoms with E-state index in [-0.39, 0.29) is 11.0 Å². The fourth-order valence-electron chi connectivity index (χ4n) is 5.48. The summed E-state index contributed by atoms with van der Waals surface area (Å²) in [6.07, 6.45) is 8.03. The molecule has 0 radical (unpaired) electrons. The number of fused-ring (bicyclic) bond motifs is 1. The quantitative estimate of drug-likeness (QED) is 0.843. The average Bonchev–Trinajstić information content (AvgIpc) is 3.09. The summed E-state index contributed by atoms with van der Waals surface area (Å²) < 4.78 is 6.29. The summed E-state index contributed by atoms with van der Waals surface area (Å²) in [6, 6.07) is 0.480. The van der Waals surface area contributed by atoms with Crippen LogP contribution in [0.4, 0.5) is 5.82 Å². The molecule has 0 bridgehead atoms. The molecule has 4 atom stereocenters. The highest BCUT2D eigenvalue weighted by Crippen LogP contribution is 2.59. The van der Waals surface area contributed by atoms with E-state index < -0.39 is 0 Å². The van der Waals surface area contributed by atoms with Crippen molar-refractivity contribution in [2.45, 2.75) is 69.9 Å². The summed E-state index contributed by atoms with van der Waals surface area (Å²) in [4.78, 5) is 10.3. The van der Waals surface area contributed by atoms with Crippen molar-refractivity contribution in [2.24, 2.45) is 11.8 Å². The molecule has 3 fully saturated rings. The average molecular weight is 358 g/mol. The first kappa shape index (κ1) is 16.0. The molecule has 134 valence electrons. The van der Waals surface area contributed by atoms with Crippen molar-refractivity contribution in [2.75, 3.05) is 11.9 Å². The number of aromatic nitrogens is 2. The van der Waals surface area contributed by atoms with Gasteiger partial charge in [0.2, 0.25) is 0 Å². The Hall–Kier alpha value is -1.20. The Morgan fingerprint density at radius 3 is 2.96 bits per heavy atom. The third kappa shape index (κ3) is 2.28. The number of hydrogen-bond acceptors (Lipinski definition) is 5. The number of thiophene rings is 1. The number of ether oxygens (including phenoxy) is 1. The van der Waals surface area contributed by atoms with Crippen LogP contribution < -0.4 is 5.32 Å². The number of nitrogens with zero attached hydrogens (tertiary/aromatic N) is 2. The van der Waals surface area contributed by atoms with E-state index in [1.807, 2.05) is 0 Å². The van der Waals surface area contributed by atoms with Gasteiger partial charge in [0.05, 0.1) is 11.0 Å². The van der Waals surface area contributed by atoms with Gasteiger partial charge in [-0.2, -0.15) is 0 Å². The van der Waals surface area contributed by atoms with E-state index in [2.05, 4.69) is 41.4 Å². The van der Waals surface area contributed by atoms with E-state index in [1.165, 1.54) is 43.1 Å². The van der Waals surface area contributed by atoms with Gasteiger partial charge in [0.15, 0.2) is 0 Å². The van der Waals surface area contributed by atoms with Gasteiger partial charge in [-0.3, -0.25) is 0 Å². The SMILES string of the molecule is CC(C)(C)c1csc2ncnc(NC3CCCC45OCCC4CC35)c12. The molecule has 3 heterocycles. The first-order valence-electron chi connectivity index (χ1n) is 9.62. The molecule has 1 aliphatic heterocycles. The molecule has 3 aliphatic rings. The van der Waals surface area contributed by atoms with E-state index in [9.17, 15) is 0 Å². The maximum atomic E-state index is 6.29. The second-order valence-corrected chi connectivity index (χ2v) is 9.93. The molecule has 1 saturated heterocycles. The first-order valence-corrected chi connectivity index (χ1v) is 10.5. The highest BCUT2D eigenvalue weighted by molar-refractivity contribution is 7.17. The minimum absolute atomic E-state index is 0.101. The van der Waals surface area contributed by atoms with Gasteiger partial charge in [0.25, 0.3) is 0 Å².